The summed E-state index contributed by atoms with van der Waals surface area (Å²) in [4.78, 5) is 25.0. The maximum Gasteiger partial charge on any atom is 0.305 e. The second-order valence-corrected chi connectivity index (χ2v) is 17.9. The van der Waals surface area contributed by atoms with Gasteiger partial charge in [0.15, 0.2) is 6.29 Å². The molecule has 0 spiro atoms. The van der Waals surface area contributed by atoms with E-state index in [1.54, 1.807) is 6.08 Å². The maximum absolute atomic E-state index is 12.9. The molecule has 11 heteroatoms. The van der Waals surface area contributed by atoms with Crippen molar-refractivity contribution in [3.63, 3.8) is 0 Å². The lowest BCUT2D eigenvalue weighted by atomic mass is 9.99. The molecule has 0 bridgehead atoms. The number of carbonyl (C=O) groups is 2. The van der Waals surface area contributed by atoms with E-state index in [1.165, 1.54) is 64.2 Å². The largest absolute Gasteiger partial charge is 0.466 e. The van der Waals surface area contributed by atoms with Crippen molar-refractivity contribution in [1.29, 1.82) is 0 Å². The highest BCUT2D eigenvalue weighted by molar-refractivity contribution is 5.76. The molecule has 0 aromatic carbocycles. The molecule has 66 heavy (non-hydrogen) atoms. The van der Waals surface area contributed by atoms with Crippen LogP contribution in [0.1, 0.15) is 200 Å². The van der Waals surface area contributed by atoms with Crippen LogP contribution in [-0.2, 0) is 23.8 Å². The SMILES string of the molecule is C/C=C/CC/C=C/CC/C=C/C(O)C(COC1OC(CO)C(O)C(O)C1O)NC(=O)CCCCCCCC/C=C\C=C/CCCCCOC(=O)CCCCCCC/C=C\CCCCCCC. The number of ether oxygens (including phenoxy) is 3. The summed E-state index contributed by atoms with van der Waals surface area (Å²) in [5.41, 5.74) is 0. The van der Waals surface area contributed by atoms with Crippen LogP contribution in [0.15, 0.2) is 72.9 Å². The Kier molecular flexibility index (Phi) is 41.3. The molecule has 1 rings (SSSR count). The second kappa shape index (κ2) is 44.6. The van der Waals surface area contributed by atoms with Crippen molar-refractivity contribution in [2.24, 2.45) is 0 Å². The molecule has 6 N–H and O–H groups in total. The minimum Gasteiger partial charge on any atom is -0.466 e. The average molecular weight is 930 g/mol. The molecule has 0 aromatic rings. The zero-order valence-corrected chi connectivity index (χ0v) is 41.4. The van der Waals surface area contributed by atoms with Crippen molar-refractivity contribution in [3.05, 3.63) is 72.9 Å². The number of hydrogen-bond donors (Lipinski definition) is 6. The molecule has 11 nitrogen and oxygen atoms in total. The topological polar surface area (TPSA) is 175 Å². The lowest BCUT2D eigenvalue weighted by Gasteiger charge is -2.40. The van der Waals surface area contributed by atoms with Gasteiger partial charge in [0.05, 0.1) is 32.0 Å². The van der Waals surface area contributed by atoms with Crippen LogP contribution >= 0.6 is 0 Å². The zero-order chi connectivity index (χ0) is 48.1. The highest BCUT2D eigenvalue weighted by Gasteiger charge is 2.44. The predicted octanol–water partition coefficient (Wildman–Crippen LogP) is 10.9. The van der Waals surface area contributed by atoms with Crippen molar-refractivity contribution < 1.29 is 49.3 Å². The van der Waals surface area contributed by atoms with E-state index >= 15 is 0 Å². The van der Waals surface area contributed by atoms with Crippen molar-refractivity contribution in [2.45, 2.75) is 243 Å². The number of aliphatic hydroxyl groups is 5. The van der Waals surface area contributed by atoms with Crippen LogP contribution in [0.25, 0.3) is 0 Å². The van der Waals surface area contributed by atoms with Crippen LogP contribution in [0.4, 0.5) is 0 Å². The fourth-order valence-electron chi connectivity index (χ4n) is 7.63. The van der Waals surface area contributed by atoms with Crippen LogP contribution in [0.3, 0.4) is 0 Å². The van der Waals surface area contributed by atoms with Crippen molar-refractivity contribution in [2.75, 3.05) is 19.8 Å². The van der Waals surface area contributed by atoms with Gasteiger partial charge in [0.1, 0.15) is 24.4 Å². The Bertz CT molecular complexity index is 1330. The molecule has 0 radical (unpaired) electrons. The molecule has 1 aliphatic heterocycles. The molecule has 380 valence electrons. The van der Waals surface area contributed by atoms with E-state index in [1.807, 2.05) is 19.1 Å². The monoisotopic (exact) mass is 930 g/mol. The average Bonchev–Trinajstić information content (AvgIpc) is 3.31. The molecule has 0 aromatic heterocycles. The summed E-state index contributed by atoms with van der Waals surface area (Å²) in [6, 6.07) is -0.851. The zero-order valence-electron chi connectivity index (χ0n) is 41.4. The molecule has 7 unspecified atom stereocenters. The Morgan fingerprint density at radius 3 is 1.68 bits per heavy atom. The Labute approximate surface area is 400 Å². The number of hydrogen-bond acceptors (Lipinski definition) is 10. The number of nitrogens with one attached hydrogen (secondary N) is 1. The number of allylic oxidation sites excluding steroid dienone is 11. The quantitative estimate of drug-likeness (QED) is 0.0149. The van der Waals surface area contributed by atoms with Gasteiger partial charge in [-0.1, -0.05) is 150 Å². The first kappa shape index (κ1) is 61.1. The smallest absolute Gasteiger partial charge is 0.305 e. The Balaban J connectivity index is 2.15. The van der Waals surface area contributed by atoms with E-state index < -0.39 is 49.5 Å². The normalized spacial score (nSPS) is 20.3. The third kappa shape index (κ3) is 34.4. The minimum absolute atomic E-state index is 0.0528. The number of carbonyl (C=O) groups excluding carboxylic acids is 2. The van der Waals surface area contributed by atoms with E-state index in [0.717, 1.165) is 96.3 Å². The Morgan fingerprint density at radius 2 is 1.09 bits per heavy atom. The van der Waals surface area contributed by atoms with Gasteiger partial charge in [-0.3, -0.25) is 9.59 Å². The first-order valence-electron chi connectivity index (χ1n) is 26.2. The third-order valence-corrected chi connectivity index (χ3v) is 11.9. The highest BCUT2D eigenvalue weighted by atomic mass is 16.7. The van der Waals surface area contributed by atoms with E-state index in [9.17, 15) is 35.1 Å². The number of rotatable bonds is 43. The maximum atomic E-state index is 12.9. The number of amides is 1. The number of aliphatic hydroxyl groups excluding tert-OH is 5. The first-order chi connectivity index (χ1) is 32.2. The summed E-state index contributed by atoms with van der Waals surface area (Å²) in [5.74, 6) is -0.278. The van der Waals surface area contributed by atoms with Crippen LogP contribution < -0.4 is 5.32 Å². The minimum atomic E-state index is -1.59. The summed E-state index contributed by atoms with van der Waals surface area (Å²) in [6.45, 7) is 3.97. The van der Waals surface area contributed by atoms with Crippen molar-refractivity contribution in [1.82, 2.24) is 5.32 Å². The van der Waals surface area contributed by atoms with E-state index in [0.29, 0.717) is 32.3 Å². The fraction of sp³-hybridized carbons (Fsp3) is 0.745. The van der Waals surface area contributed by atoms with Crippen LogP contribution in [-0.4, -0.2) is 100 Å². The standard InChI is InChI=1S/C55H95NO10/c1-3-5-7-9-11-13-14-15-20-23-27-31-35-39-43-51(60)64-44-40-36-32-28-24-21-18-16-17-19-22-26-30-34-38-42-50(59)56-47(48(58)41-37-33-29-25-12-10-8-6-4-2)46-65-55-54(63)53(62)52(61)49(45-57)66-55/h4,6,12,14-16,18,21,24-25,37,41,47-49,52-55,57-58,61-63H,3,5,7-11,13,17,19-20,22-23,26-36,38-40,42-46H2,1-2H3,(H,56,59)/b6-4+,15-14-,18-16-,24-21-,25-12+,41-37+. The molecule has 1 aliphatic rings. The van der Waals surface area contributed by atoms with Crippen LogP contribution in [0.2, 0.25) is 0 Å². The van der Waals surface area contributed by atoms with Gasteiger partial charge in [-0.25, -0.2) is 0 Å². The van der Waals surface area contributed by atoms with E-state index in [4.69, 9.17) is 14.2 Å². The molecule has 1 amide bonds. The van der Waals surface area contributed by atoms with Crippen LogP contribution in [0, 0.1) is 0 Å². The predicted molar refractivity (Wildman–Crippen MR) is 269 cm³/mol. The van der Waals surface area contributed by atoms with Crippen molar-refractivity contribution in [3.8, 4) is 0 Å². The lowest BCUT2D eigenvalue weighted by Crippen LogP contribution is -2.60. The van der Waals surface area contributed by atoms with Gasteiger partial charge < -0.3 is 45.1 Å². The lowest BCUT2D eigenvalue weighted by molar-refractivity contribution is -0.302. The second-order valence-electron chi connectivity index (χ2n) is 17.9. The van der Waals surface area contributed by atoms with Gasteiger partial charge >= 0.3 is 5.97 Å². The molecule has 0 saturated carbocycles. The van der Waals surface area contributed by atoms with Gasteiger partial charge in [0.2, 0.25) is 5.91 Å². The van der Waals surface area contributed by atoms with E-state index in [2.05, 4.69) is 66.9 Å². The number of unbranched alkanes of at least 4 members (excludes halogenated alkanes) is 21. The van der Waals surface area contributed by atoms with Gasteiger partial charge in [-0.2, -0.15) is 0 Å². The molecule has 0 aliphatic carbocycles. The summed E-state index contributed by atoms with van der Waals surface area (Å²) in [6.07, 6.45) is 47.3. The van der Waals surface area contributed by atoms with Crippen molar-refractivity contribution >= 4 is 11.9 Å². The highest BCUT2D eigenvalue weighted by Crippen LogP contribution is 2.22. The molecule has 1 saturated heterocycles. The van der Waals surface area contributed by atoms with Gasteiger partial charge in [-0.05, 0) is 110 Å². The first-order valence-corrected chi connectivity index (χ1v) is 26.2. The molecular weight excluding hydrogens is 835 g/mol. The summed E-state index contributed by atoms with van der Waals surface area (Å²) < 4.78 is 16.6. The van der Waals surface area contributed by atoms with Crippen LogP contribution in [0.5, 0.6) is 0 Å². The molecular formula is C55H95NO10. The van der Waals surface area contributed by atoms with Gasteiger partial charge in [0.25, 0.3) is 0 Å². The van der Waals surface area contributed by atoms with Gasteiger partial charge in [0, 0.05) is 12.8 Å². The van der Waals surface area contributed by atoms with E-state index in [-0.39, 0.29) is 18.5 Å². The molecule has 7 atom stereocenters. The number of esters is 1. The summed E-state index contributed by atoms with van der Waals surface area (Å²) >= 11 is 0. The fourth-order valence-corrected chi connectivity index (χ4v) is 7.63. The Morgan fingerprint density at radius 1 is 0.591 bits per heavy atom. The molecule has 1 fully saturated rings. The summed E-state index contributed by atoms with van der Waals surface area (Å²) in [5, 5.41) is 54.0. The summed E-state index contributed by atoms with van der Waals surface area (Å²) in [7, 11) is 0. The Hall–Kier alpha value is -2.90. The molecule has 1 heterocycles. The van der Waals surface area contributed by atoms with Gasteiger partial charge in [-0.15, -0.1) is 0 Å². The third-order valence-electron chi connectivity index (χ3n) is 11.9.